The number of benzene rings is 1. The van der Waals surface area contributed by atoms with Crippen molar-refractivity contribution in [2.75, 3.05) is 6.61 Å². The van der Waals surface area contributed by atoms with Gasteiger partial charge in [0.25, 0.3) is 0 Å². The topological polar surface area (TPSA) is 9.23 Å². The lowest BCUT2D eigenvalue weighted by Crippen LogP contribution is -2.08. The van der Waals surface area contributed by atoms with Gasteiger partial charge < -0.3 is 4.74 Å². The SMILES string of the molecule is CCOc1ccc(C(Br)CCC(F)(F)F)cc1. The molecule has 0 aromatic heterocycles. The molecule has 1 nitrogen and oxygen atoms in total. The van der Waals surface area contributed by atoms with Gasteiger partial charge in [0, 0.05) is 11.2 Å². The summed E-state index contributed by atoms with van der Waals surface area (Å²) >= 11 is 3.26. The highest BCUT2D eigenvalue weighted by molar-refractivity contribution is 9.09. The van der Waals surface area contributed by atoms with Crippen molar-refractivity contribution < 1.29 is 17.9 Å². The molecule has 5 heteroatoms. The molecule has 0 radical (unpaired) electrons. The van der Waals surface area contributed by atoms with Gasteiger partial charge >= 0.3 is 6.18 Å². The van der Waals surface area contributed by atoms with E-state index in [1.54, 1.807) is 24.3 Å². The Balaban J connectivity index is 2.54. The van der Waals surface area contributed by atoms with E-state index in [1.165, 1.54) is 0 Å². The summed E-state index contributed by atoms with van der Waals surface area (Å²) in [5.41, 5.74) is 0.831. The fraction of sp³-hybridized carbons (Fsp3) is 0.500. The van der Waals surface area contributed by atoms with E-state index in [4.69, 9.17) is 4.74 Å². The minimum Gasteiger partial charge on any atom is -0.494 e. The third-order valence-corrected chi connectivity index (χ3v) is 3.22. The van der Waals surface area contributed by atoms with Gasteiger partial charge in [-0.1, -0.05) is 28.1 Å². The second-order valence-corrected chi connectivity index (χ2v) is 4.73. The molecule has 17 heavy (non-hydrogen) atoms. The number of hydrogen-bond donors (Lipinski definition) is 0. The molecule has 1 unspecified atom stereocenters. The van der Waals surface area contributed by atoms with E-state index >= 15 is 0 Å². The molecule has 0 heterocycles. The van der Waals surface area contributed by atoms with Crippen LogP contribution < -0.4 is 4.74 Å². The predicted octanol–water partition coefficient (Wildman–Crippen LogP) is 4.86. The average Bonchev–Trinajstić information content (AvgIpc) is 2.26. The first-order valence-electron chi connectivity index (χ1n) is 5.36. The zero-order valence-electron chi connectivity index (χ0n) is 9.43. The Bertz CT molecular complexity index is 335. The Hall–Kier alpha value is -0.710. The van der Waals surface area contributed by atoms with Crippen LogP contribution in [0, 0.1) is 0 Å². The maximum Gasteiger partial charge on any atom is 0.389 e. The van der Waals surface area contributed by atoms with Crippen LogP contribution in [0.4, 0.5) is 13.2 Å². The Kier molecular flexibility index (Phi) is 5.31. The fourth-order valence-electron chi connectivity index (χ4n) is 1.40. The van der Waals surface area contributed by atoms with Gasteiger partial charge in [-0.05, 0) is 31.0 Å². The van der Waals surface area contributed by atoms with Gasteiger partial charge in [-0.15, -0.1) is 0 Å². The monoisotopic (exact) mass is 310 g/mol. The molecule has 1 aromatic rings. The van der Waals surface area contributed by atoms with Crippen LogP contribution in [-0.2, 0) is 0 Å². The Labute approximate surface area is 107 Å². The molecule has 1 rings (SSSR count). The number of hydrogen-bond acceptors (Lipinski definition) is 1. The van der Waals surface area contributed by atoms with Crippen molar-refractivity contribution in [2.45, 2.75) is 30.8 Å². The van der Waals surface area contributed by atoms with Crippen molar-refractivity contribution in [1.29, 1.82) is 0 Å². The smallest absolute Gasteiger partial charge is 0.389 e. The molecule has 0 fully saturated rings. The molecular formula is C12H14BrF3O. The van der Waals surface area contributed by atoms with Gasteiger partial charge in [0.05, 0.1) is 6.61 Å². The van der Waals surface area contributed by atoms with E-state index in [9.17, 15) is 13.2 Å². The molecule has 1 aromatic carbocycles. The van der Waals surface area contributed by atoms with E-state index < -0.39 is 12.6 Å². The van der Waals surface area contributed by atoms with E-state index in [0.29, 0.717) is 6.61 Å². The summed E-state index contributed by atoms with van der Waals surface area (Å²) in [5, 5.41) is 0. The molecular weight excluding hydrogens is 297 g/mol. The molecule has 0 N–H and O–H groups in total. The van der Waals surface area contributed by atoms with Crippen molar-refractivity contribution in [1.82, 2.24) is 0 Å². The lowest BCUT2D eigenvalue weighted by atomic mass is 10.1. The van der Waals surface area contributed by atoms with Gasteiger partial charge in [-0.2, -0.15) is 13.2 Å². The fourth-order valence-corrected chi connectivity index (χ4v) is 1.93. The quantitative estimate of drug-likeness (QED) is 0.705. The largest absolute Gasteiger partial charge is 0.494 e. The summed E-state index contributed by atoms with van der Waals surface area (Å²) in [5.74, 6) is 0.728. The zero-order valence-corrected chi connectivity index (χ0v) is 11.0. The summed E-state index contributed by atoms with van der Waals surface area (Å²) in [6.07, 6.45) is -4.84. The van der Waals surface area contributed by atoms with Crippen molar-refractivity contribution in [2.24, 2.45) is 0 Å². The number of halogens is 4. The van der Waals surface area contributed by atoms with Crippen LogP contribution in [-0.4, -0.2) is 12.8 Å². The van der Waals surface area contributed by atoms with Crippen LogP contribution in [0.1, 0.15) is 30.2 Å². The lowest BCUT2D eigenvalue weighted by Gasteiger charge is -2.12. The average molecular weight is 311 g/mol. The Morgan fingerprint density at radius 2 is 1.82 bits per heavy atom. The number of alkyl halides is 4. The summed E-state index contributed by atoms with van der Waals surface area (Å²) in [6.45, 7) is 2.45. The van der Waals surface area contributed by atoms with Gasteiger partial charge in [-0.25, -0.2) is 0 Å². The van der Waals surface area contributed by atoms with Crippen molar-refractivity contribution in [3.63, 3.8) is 0 Å². The summed E-state index contributed by atoms with van der Waals surface area (Å²) in [7, 11) is 0. The minimum atomic E-state index is -4.10. The standard InChI is InChI=1S/C12H14BrF3O/c1-2-17-10-5-3-9(4-6-10)11(13)7-8-12(14,15)16/h3-6,11H,2,7-8H2,1H3. The van der Waals surface area contributed by atoms with Gasteiger partial charge in [0.2, 0.25) is 0 Å². The number of ether oxygens (including phenoxy) is 1. The van der Waals surface area contributed by atoms with Crippen LogP contribution in [0.15, 0.2) is 24.3 Å². The molecule has 0 aliphatic carbocycles. The van der Waals surface area contributed by atoms with Crippen molar-refractivity contribution >= 4 is 15.9 Å². The normalized spacial score (nSPS) is 13.5. The van der Waals surface area contributed by atoms with Crippen LogP contribution in [0.25, 0.3) is 0 Å². The highest BCUT2D eigenvalue weighted by atomic mass is 79.9. The van der Waals surface area contributed by atoms with Crippen LogP contribution >= 0.6 is 15.9 Å². The first kappa shape index (κ1) is 14.4. The van der Waals surface area contributed by atoms with E-state index in [-0.39, 0.29) is 11.2 Å². The molecule has 0 spiro atoms. The summed E-state index contributed by atoms with van der Waals surface area (Å²) in [4.78, 5) is -0.278. The van der Waals surface area contributed by atoms with E-state index in [1.807, 2.05) is 6.92 Å². The third kappa shape index (κ3) is 5.44. The molecule has 96 valence electrons. The van der Waals surface area contributed by atoms with E-state index in [2.05, 4.69) is 15.9 Å². The van der Waals surface area contributed by atoms with E-state index in [0.717, 1.165) is 11.3 Å². The summed E-state index contributed by atoms with van der Waals surface area (Å²) in [6, 6.07) is 7.09. The zero-order chi connectivity index (χ0) is 12.9. The van der Waals surface area contributed by atoms with Crippen LogP contribution in [0.5, 0.6) is 5.75 Å². The van der Waals surface area contributed by atoms with Crippen molar-refractivity contribution in [3.05, 3.63) is 29.8 Å². The van der Waals surface area contributed by atoms with Crippen LogP contribution in [0.2, 0.25) is 0 Å². The predicted molar refractivity (Wildman–Crippen MR) is 64.6 cm³/mol. The maximum atomic E-state index is 12.1. The highest BCUT2D eigenvalue weighted by Crippen LogP contribution is 2.33. The maximum absolute atomic E-state index is 12.1. The van der Waals surface area contributed by atoms with Gasteiger partial charge in [0.1, 0.15) is 5.75 Å². The van der Waals surface area contributed by atoms with Gasteiger partial charge in [-0.3, -0.25) is 0 Å². The second kappa shape index (κ2) is 6.28. The summed E-state index contributed by atoms with van der Waals surface area (Å²) < 4.78 is 41.4. The third-order valence-electron chi connectivity index (χ3n) is 2.23. The Morgan fingerprint density at radius 1 is 1.24 bits per heavy atom. The first-order chi connectivity index (χ1) is 7.92. The van der Waals surface area contributed by atoms with Gasteiger partial charge in [0.15, 0.2) is 0 Å². The highest BCUT2D eigenvalue weighted by Gasteiger charge is 2.28. The number of rotatable bonds is 5. The first-order valence-corrected chi connectivity index (χ1v) is 6.27. The lowest BCUT2D eigenvalue weighted by molar-refractivity contribution is -0.135. The molecule has 0 bridgehead atoms. The molecule has 0 aliphatic heterocycles. The Morgan fingerprint density at radius 3 is 2.29 bits per heavy atom. The molecule has 0 saturated heterocycles. The van der Waals surface area contributed by atoms with Crippen LogP contribution in [0.3, 0.4) is 0 Å². The second-order valence-electron chi connectivity index (χ2n) is 3.62. The minimum absolute atomic E-state index is 0.0392. The molecule has 1 atom stereocenters. The van der Waals surface area contributed by atoms with Crippen molar-refractivity contribution in [3.8, 4) is 5.75 Å². The molecule has 0 aliphatic rings. The molecule has 0 saturated carbocycles. The molecule has 0 amide bonds.